The second kappa shape index (κ2) is 6.75. The fourth-order valence-electron chi connectivity index (χ4n) is 3.23. The van der Waals surface area contributed by atoms with Crippen LogP contribution in [0.1, 0.15) is 87.0 Å². The summed E-state index contributed by atoms with van der Waals surface area (Å²) in [5.41, 5.74) is 8.34. The van der Waals surface area contributed by atoms with Crippen LogP contribution in [0.2, 0.25) is 0 Å². The maximum absolute atomic E-state index is 13.2. The van der Waals surface area contributed by atoms with Crippen molar-refractivity contribution in [1.29, 1.82) is 0 Å². The highest BCUT2D eigenvalue weighted by Gasteiger charge is 2.32. The van der Waals surface area contributed by atoms with Crippen molar-refractivity contribution in [3.63, 3.8) is 0 Å². The summed E-state index contributed by atoms with van der Waals surface area (Å²) in [6.07, 6.45) is 3.80. The number of nitrogens with two attached hydrogens (primary N) is 1. The van der Waals surface area contributed by atoms with Crippen molar-refractivity contribution in [3.05, 3.63) is 23.0 Å². The molecule has 2 heterocycles. The van der Waals surface area contributed by atoms with E-state index in [1.165, 1.54) is 0 Å². The zero-order valence-electron chi connectivity index (χ0n) is 15.6. The van der Waals surface area contributed by atoms with Gasteiger partial charge in [0.1, 0.15) is 0 Å². The molecule has 6 heteroatoms. The summed E-state index contributed by atoms with van der Waals surface area (Å²) in [4.78, 5) is 17.8. The van der Waals surface area contributed by atoms with Gasteiger partial charge in [-0.25, -0.2) is 4.98 Å². The average molecular weight is 344 g/mol. The van der Waals surface area contributed by atoms with Crippen LogP contribution in [0.4, 0.5) is 0 Å². The van der Waals surface area contributed by atoms with Crippen molar-refractivity contribution in [2.45, 2.75) is 70.8 Å². The van der Waals surface area contributed by atoms with Gasteiger partial charge in [-0.1, -0.05) is 32.9 Å². The number of hydrogen-bond acceptors (Lipinski definition) is 5. The van der Waals surface area contributed by atoms with Gasteiger partial charge in [0.2, 0.25) is 0 Å². The molecular weight excluding hydrogens is 316 g/mol. The summed E-state index contributed by atoms with van der Waals surface area (Å²) >= 11 is 0. The molecule has 1 aliphatic rings. The topological polar surface area (TPSA) is 94.0 Å². The van der Waals surface area contributed by atoms with E-state index >= 15 is 0 Å². The summed E-state index contributed by atoms with van der Waals surface area (Å²) in [5.74, 6) is 0.465. The summed E-state index contributed by atoms with van der Waals surface area (Å²) in [7, 11) is 0. The van der Waals surface area contributed by atoms with Crippen LogP contribution in [0.3, 0.4) is 0 Å². The number of fused-ring (bicyclic) bond motifs is 1. The van der Waals surface area contributed by atoms with E-state index in [2.05, 4.69) is 15.5 Å². The number of pyridine rings is 1. The minimum atomic E-state index is -0.387. The molecule has 0 unspecified atom stereocenters. The first-order valence-corrected chi connectivity index (χ1v) is 9.27. The quantitative estimate of drug-likeness (QED) is 0.802. The van der Waals surface area contributed by atoms with Gasteiger partial charge < -0.3 is 15.6 Å². The van der Waals surface area contributed by atoms with Crippen molar-refractivity contribution < 1.29 is 9.32 Å². The minimum absolute atomic E-state index is 0.117. The van der Waals surface area contributed by atoms with Crippen molar-refractivity contribution in [2.75, 3.05) is 6.54 Å². The van der Waals surface area contributed by atoms with Crippen LogP contribution in [0, 0.1) is 0 Å². The Morgan fingerprint density at radius 3 is 2.60 bits per heavy atom. The van der Waals surface area contributed by atoms with Gasteiger partial charge in [0.15, 0.2) is 0 Å². The van der Waals surface area contributed by atoms with Crippen LogP contribution >= 0.6 is 0 Å². The highest BCUT2D eigenvalue weighted by molar-refractivity contribution is 6.06. The molecule has 3 N–H and O–H groups in total. The lowest BCUT2D eigenvalue weighted by molar-refractivity contribution is 0.0896. The molecule has 0 aliphatic heterocycles. The largest absolute Gasteiger partial charge is 0.345 e. The maximum Gasteiger partial charge on any atom is 0.259 e. The van der Waals surface area contributed by atoms with E-state index in [0.717, 1.165) is 42.5 Å². The average Bonchev–Trinajstić information content (AvgIpc) is 3.37. The molecule has 2 aromatic heterocycles. The molecule has 1 fully saturated rings. The summed E-state index contributed by atoms with van der Waals surface area (Å²) in [6.45, 7) is 8.59. The normalized spacial score (nSPS) is 15.1. The van der Waals surface area contributed by atoms with E-state index in [0.29, 0.717) is 23.7 Å². The van der Waals surface area contributed by atoms with Crippen molar-refractivity contribution in [1.82, 2.24) is 15.5 Å². The van der Waals surface area contributed by atoms with Gasteiger partial charge in [0.05, 0.1) is 22.2 Å². The van der Waals surface area contributed by atoms with Gasteiger partial charge >= 0.3 is 0 Å². The first kappa shape index (κ1) is 17.9. The first-order chi connectivity index (χ1) is 11.9. The molecule has 0 bridgehead atoms. The lowest BCUT2D eigenvalue weighted by atomic mass is 9.92. The molecule has 0 spiro atoms. The van der Waals surface area contributed by atoms with Crippen LogP contribution in [-0.2, 0) is 0 Å². The van der Waals surface area contributed by atoms with Gasteiger partial charge in [-0.15, -0.1) is 0 Å². The molecule has 0 atom stereocenters. The molecule has 2 aromatic rings. The SMILES string of the molecule is CCC(CC)(CN)NC(=O)c1cc(C2CC2)nc2onc(C(C)C)c12. The fourth-order valence-corrected chi connectivity index (χ4v) is 3.23. The standard InChI is InChI=1S/C19H28N4O2/c1-5-19(6-2,10-20)22-17(24)13-9-14(12-7-8-12)21-18-15(13)16(11(3)4)23-25-18/h9,11-12H,5-8,10,20H2,1-4H3,(H,22,24). The van der Waals surface area contributed by atoms with Gasteiger partial charge in [-0.2, -0.15) is 0 Å². The van der Waals surface area contributed by atoms with Crippen LogP contribution in [-0.4, -0.2) is 28.1 Å². The molecule has 3 rings (SSSR count). The number of aromatic nitrogens is 2. The van der Waals surface area contributed by atoms with E-state index in [4.69, 9.17) is 10.3 Å². The number of carbonyl (C=O) groups excluding carboxylic acids is 1. The number of nitrogens with one attached hydrogen (secondary N) is 1. The fraction of sp³-hybridized carbons (Fsp3) is 0.632. The monoisotopic (exact) mass is 344 g/mol. The third kappa shape index (κ3) is 3.27. The second-order valence-corrected chi connectivity index (χ2v) is 7.42. The Kier molecular flexibility index (Phi) is 4.82. The van der Waals surface area contributed by atoms with Crippen LogP contribution < -0.4 is 11.1 Å². The zero-order valence-corrected chi connectivity index (χ0v) is 15.6. The van der Waals surface area contributed by atoms with E-state index in [1.54, 1.807) is 0 Å². The van der Waals surface area contributed by atoms with Crippen LogP contribution in [0.15, 0.2) is 10.6 Å². The Hall–Kier alpha value is -1.95. The van der Waals surface area contributed by atoms with E-state index < -0.39 is 0 Å². The Morgan fingerprint density at radius 1 is 1.40 bits per heavy atom. The summed E-state index contributed by atoms with van der Waals surface area (Å²) in [5, 5.41) is 8.07. The van der Waals surface area contributed by atoms with Crippen molar-refractivity contribution in [2.24, 2.45) is 5.73 Å². The lowest BCUT2D eigenvalue weighted by Gasteiger charge is -2.31. The molecule has 136 valence electrons. The number of hydrogen-bond donors (Lipinski definition) is 2. The molecule has 25 heavy (non-hydrogen) atoms. The van der Waals surface area contributed by atoms with Gasteiger partial charge in [-0.05, 0) is 37.7 Å². The van der Waals surface area contributed by atoms with Crippen molar-refractivity contribution >= 4 is 17.0 Å². The summed E-state index contributed by atoms with van der Waals surface area (Å²) < 4.78 is 5.46. The van der Waals surface area contributed by atoms with Crippen LogP contribution in [0.5, 0.6) is 0 Å². The molecule has 1 saturated carbocycles. The number of carbonyl (C=O) groups is 1. The molecule has 1 aliphatic carbocycles. The van der Waals surface area contributed by atoms with E-state index in [-0.39, 0.29) is 17.4 Å². The predicted molar refractivity (Wildman–Crippen MR) is 97.7 cm³/mol. The lowest BCUT2D eigenvalue weighted by Crippen LogP contribution is -2.52. The Labute approximate surface area is 148 Å². The highest BCUT2D eigenvalue weighted by Crippen LogP contribution is 2.41. The molecule has 6 nitrogen and oxygen atoms in total. The molecular formula is C19H28N4O2. The van der Waals surface area contributed by atoms with E-state index in [9.17, 15) is 4.79 Å². The van der Waals surface area contributed by atoms with E-state index in [1.807, 2.05) is 33.8 Å². The van der Waals surface area contributed by atoms with Gasteiger partial charge in [0, 0.05) is 18.2 Å². The number of rotatable bonds is 7. The second-order valence-electron chi connectivity index (χ2n) is 7.42. The van der Waals surface area contributed by atoms with Gasteiger partial charge in [0.25, 0.3) is 11.6 Å². The number of nitrogens with zero attached hydrogens (tertiary/aromatic N) is 2. The third-order valence-electron chi connectivity index (χ3n) is 5.40. The third-order valence-corrected chi connectivity index (χ3v) is 5.40. The minimum Gasteiger partial charge on any atom is -0.345 e. The predicted octanol–water partition coefficient (Wildman–Crippen LogP) is 3.47. The first-order valence-electron chi connectivity index (χ1n) is 9.27. The van der Waals surface area contributed by atoms with Crippen molar-refractivity contribution in [3.8, 4) is 0 Å². The Bertz CT molecular complexity index is 765. The smallest absolute Gasteiger partial charge is 0.259 e. The molecule has 0 aromatic carbocycles. The number of amides is 1. The summed E-state index contributed by atoms with van der Waals surface area (Å²) in [6, 6.07) is 1.92. The molecule has 1 amide bonds. The molecule has 0 radical (unpaired) electrons. The zero-order chi connectivity index (χ0) is 18.2. The molecule has 0 saturated heterocycles. The highest BCUT2D eigenvalue weighted by atomic mass is 16.5. The Balaban J connectivity index is 2.09. The Morgan fingerprint density at radius 2 is 2.08 bits per heavy atom. The van der Waals surface area contributed by atoms with Crippen LogP contribution in [0.25, 0.3) is 11.1 Å². The maximum atomic E-state index is 13.2. The van der Waals surface area contributed by atoms with Gasteiger partial charge in [-0.3, -0.25) is 4.79 Å².